The first kappa shape index (κ1) is 28.3. The Bertz CT molecular complexity index is 1610. The predicted molar refractivity (Wildman–Crippen MR) is 159 cm³/mol. The number of carbonyl (C=O) groups excluding carboxylic acids is 1. The fourth-order valence-electron chi connectivity index (χ4n) is 4.91. The summed E-state index contributed by atoms with van der Waals surface area (Å²) in [6.45, 7) is 5.89. The number of aryl methyl sites for hydroxylation is 1. The van der Waals surface area contributed by atoms with Crippen molar-refractivity contribution in [2.45, 2.75) is 46.1 Å². The van der Waals surface area contributed by atoms with Crippen molar-refractivity contribution < 1.29 is 13.2 Å². The Morgan fingerprint density at radius 2 is 1.74 bits per heavy atom. The van der Waals surface area contributed by atoms with Crippen molar-refractivity contribution in [2.75, 3.05) is 25.1 Å². The third-order valence-corrected chi connectivity index (χ3v) is 7.80. The third-order valence-electron chi connectivity index (χ3n) is 6.77. The van der Waals surface area contributed by atoms with E-state index in [4.69, 9.17) is 5.73 Å². The predicted octanol–water partition coefficient (Wildman–Crippen LogP) is 4.53. The van der Waals surface area contributed by atoms with Gasteiger partial charge in [0.2, 0.25) is 5.91 Å². The first-order valence-electron chi connectivity index (χ1n) is 13.4. The quantitative estimate of drug-likeness (QED) is 0.400. The van der Waals surface area contributed by atoms with Gasteiger partial charge in [-0.15, -0.1) is 0 Å². The Hall–Kier alpha value is -3.72. The lowest BCUT2D eigenvalue weighted by molar-refractivity contribution is -0.127. The van der Waals surface area contributed by atoms with Gasteiger partial charge in [-0.05, 0) is 66.1 Å². The standard InChI is InChI=1S/C30H36N4O4S/c1-4-12-33(13-5-2)29(35)25-18-24-8-7-22(19-27(24)32-28(31)20-25)21-9-10-26-23(17-21)11-15-34(30(26)36)14-6-16-39(3,37)38/h7-11,15,17-19H,4-6,12-14,16,20H2,1-3H3,(H2,31,32). The number of nitrogens with zero attached hydrogens (tertiary/aromatic N) is 3. The van der Waals surface area contributed by atoms with E-state index >= 15 is 0 Å². The Morgan fingerprint density at radius 3 is 2.44 bits per heavy atom. The van der Waals surface area contributed by atoms with Crippen molar-refractivity contribution in [3.8, 4) is 11.1 Å². The summed E-state index contributed by atoms with van der Waals surface area (Å²) in [5.74, 6) is 0.446. The summed E-state index contributed by atoms with van der Waals surface area (Å²) in [4.78, 5) is 32.7. The van der Waals surface area contributed by atoms with Gasteiger partial charge in [-0.25, -0.2) is 13.4 Å². The molecule has 1 aliphatic heterocycles. The van der Waals surface area contributed by atoms with Crippen LogP contribution in [-0.4, -0.2) is 54.7 Å². The second kappa shape index (κ2) is 12.0. The molecule has 0 unspecified atom stereocenters. The number of amides is 1. The number of carbonyl (C=O) groups is 1. The highest BCUT2D eigenvalue weighted by Gasteiger charge is 2.21. The monoisotopic (exact) mass is 548 g/mol. The molecule has 0 atom stereocenters. The molecule has 1 amide bonds. The molecule has 2 heterocycles. The zero-order chi connectivity index (χ0) is 28.2. The zero-order valence-electron chi connectivity index (χ0n) is 22.8. The van der Waals surface area contributed by atoms with Crippen molar-refractivity contribution in [3.05, 3.63) is 70.2 Å². The third kappa shape index (κ3) is 6.84. The maximum absolute atomic E-state index is 13.2. The van der Waals surface area contributed by atoms with E-state index < -0.39 is 9.84 Å². The van der Waals surface area contributed by atoms with E-state index in [2.05, 4.69) is 18.8 Å². The van der Waals surface area contributed by atoms with Crippen molar-refractivity contribution in [1.29, 1.82) is 0 Å². The van der Waals surface area contributed by atoms with Crippen LogP contribution in [0.3, 0.4) is 0 Å². The number of fused-ring (bicyclic) bond motifs is 2. The van der Waals surface area contributed by atoms with Crippen LogP contribution in [0.5, 0.6) is 0 Å². The van der Waals surface area contributed by atoms with E-state index in [0.29, 0.717) is 55.0 Å². The molecule has 1 aliphatic rings. The smallest absolute Gasteiger partial charge is 0.258 e. The summed E-state index contributed by atoms with van der Waals surface area (Å²) >= 11 is 0. The summed E-state index contributed by atoms with van der Waals surface area (Å²) < 4.78 is 24.4. The Kier molecular flexibility index (Phi) is 8.70. The van der Waals surface area contributed by atoms with Crippen molar-refractivity contribution in [1.82, 2.24) is 9.47 Å². The minimum absolute atomic E-state index is 0.00489. The van der Waals surface area contributed by atoms with Gasteiger partial charge in [0.15, 0.2) is 0 Å². The zero-order valence-corrected chi connectivity index (χ0v) is 23.6. The number of rotatable bonds is 10. The van der Waals surface area contributed by atoms with Gasteiger partial charge in [0.25, 0.3) is 5.56 Å². The van der Waals surface area contributed by atoms with Gasteiger partial charge in [0, 0.05) is 55.0 Å². The Balaban J connectivity index is 1.63. The summed E-state index contributed by atoms with van der Waals surface area (Å²) in [6, 6.07) is 13.4. The molecular formula is C30H36N4O4S. The molecule has 206 valence electrons. The topological polar surface area (TPSA) is 115 Å². The summed E-state index contributed by atoms with van der Waals surface area (Å²) in [6.07, 6.45) is 7.29. The lowest BCUT2D eigenvalue weighted by Crippen LogP contribution is -2.34. The van der Waals surface area contributed by atoms with Gasteiger partial charge in [-0.2, -0.15) is 0 Å². The first-order chi connectivity index (χ1) is 18.6. The average molecular weight is 549 g/mol. The number of amidine groups is 1. The van der Waals surface area contributed by atoms with Crippen LogP contribution >= 0.6 is 0 Å². The van der Waals surface area contributed by atoms with Crippen LogP contribution in [0.4, 0.5) is 5.69 Å². The number of nitrogens with two attached hydrogens (primary N) is 1. The molecule has 0 aliphatic carbocycles. The Morgan fingerprint density at radius 1 is 1.05 bits per heavy atom. The van der Waals surface area contributed by atoms with Gasteiger partial charge in [-0.3, -0.25) is 9.59 Å². The maximum Gasteiger partial charge on any atom is 0.258 e. The van der Waals surface area contributed by atoms with Crippen LogP contribution in [0, 0.1) is 0 Å². The van der Waals surface area contributed by atoms with E-state index in [1.54, 1.807) is 16.8 Å². The lowest BCUT2D eigenvalue weighted by atomic mass is 9.99. The van der Waals surface area contributed by atoms with Crippen molar-refractivity contribution in [2.24, 2.45) is 10.7 Å². The molecule has 3 aromatic rings. The van der Waals surface area contributed by atoms with Crippen LogP contribution < -0.4 is 11.3 Å². The first-order valence-corrected chi connectivity index (χ1v) is 15.4. The molecule has 4 rings (SSSR count). The van der Waals surface area contributed by atoms with E-state index in [-0.39, 0.29) is 17.2 Å². The molecule has 0 bridgehead atoms. The molecule has 0 saturated carbocycles. The van der Waals surface area contributed by atoms with Crippen molar-refractivity contribution >= 4 is 44.1 Å². The summed E-state index contributed by atoms with van der Waals surface area (Å²) in [5.41, 5.74) is 10.1. The molecule has 9 heteroatoms. The van der Waals surface area contributed by atoms with Crippen LogP contribution in [-0.2, 0) is 21.2 Å². The summed E-state index contributed by atoms with van der Waals surface area (Å²) in [5, 5.41) is 1.38. The minimum atomic E-state index is -3.07. The van der Waals surface area contributed by atoms with E-state index in [1.165, 1.54) is 6.26 Å². The van der Waals surface area contributed by atoms with Crippen LogP contribution in [0.25, 0.3) is 28.0 Å². The van der Waals surface area contributed by atoms with Gasteiger partial charge in [-0.1, -0.05) is 32.0 Å². The lowest BCUT2D eigenvalue weighted by Gasteiger charge is -2.22. The van der Waals surface area contributed by atoms with Crippen LogP contribution in [0.1, 0.15) is 45.1 Å². The maximum atomic E-state index is 13.2. The SMILES string of the molecule is CCCN(CCC)C(=O)C1=Cc2ccc(-c3ccc4c(=O)n(CCCS(C)(=O)=O)ccc4c3)cc2N=C(N)C1. The number of pyridine rings is 1. The number of aromatic nitrogens is 1. The second-order valence-electron chi connectivity index (χ2n) is 10.1. The highest BCUT2D eigenvalue weighted by Crippen LogP contribution is 2.33. The number of hydrogen-bond acceptors (Lipinski definition) is 6. The van der Waals surface area contributed by atoms with E-state index in [0.717, 1.165) is 34.9 Å². The van der Waals surface area contributed by atoms with Gasteiger partial charge in [0.1, 0.15) is 15.7 Å². The second-order valence-corrected chi connectivity index (χ2v) is 12.4. The molecule has 0 fully saturated rings. The normalized spacial score (nSPS) is 13.4. The molecule has 0 saturated heterocycles. The van der Waals surface area contributed by atoms with E-state index in [1.807, 2.05) is 47.4 Å². The van der Waals surface area contributed by atoms with Crippen LogP contribution in [0.2, 0.25) is 0 Å². The van der Waals surface area contributed by atoms with Gasteiger partial charge >= 0.3 is 0 Å². The highest BCUT2D eigenvalue weighted by molar-refractivity contribution is 7.90. The fraction of sp³-hybridized carbons (Fsp3) is 0.367. The number of hydrogen-bond donors (Lipinski definition) is 1. The fourth-order valence-corrected chi connectivity index (χ4v) is 5.56. The van der Waals surface area contributed by atoms with Gasteiger partial charge < -0.3 is 15.2 Å². The van der Waals surface area contributed by atoms with Gasteiger partial charge in [0.05, 0.1) is 11.4 Å². The van der Waals surface area contributed by atoms with E-state index in [9.17, 15) is 18.0 Å². The largest absolute Gasteiger partial charge is 0.387 e. The minimum Gasteiger partial charge on any atom is -0.387 e. The molecular weight excluding hydrogens is 512 g/mol. The number of sulfone groups is 1. The van der Waals surface area contributed by atoms with Crippen LogP contribution in [0.15, 0.2) is 64.0 Å². The summed E-state index contributed by atoms with van der Waals surface area (Å²) in [7, 11) is -3.07. The molecule has 1 aromatic heterocycles. The average Bonchev–Trinajstić information content (AvgIpc) is 3.06. The molecule has 2 N–H and O–H groups in total. The highest BCUT2D eigenvalue weighted by atomic mass is 32.2. The molecule has 0 spiro atoms. The Labute approximate surface area is 229 Å². The molecule has 2 aromatic carbocycles. The molecule has 8 nitrogen and oxygen atoms in total. The number of aliphatic imine (C=N–C) groups is 1. The molecule has 39 heavy (non-hydrogen) atoms. The number of benzene rings is 2. The molecule has 0 radical (unpaired) electrons. The van der Waals surface area contributed by atoms with Crippen molar-refractivity contribution in [3.63, 3.8) is 0 Å².